The van der Waals surface area contributed by atoms with E-state index in [1.165, 1.54) is 57.3 Å². The molecule has 11 rings (SSSR count). The van der Waals surface area contributed by atoms with E-state index in [1.54, 1.807) is 11.3 Å². The number of hydrogen-bond donors (Lipinski definition) is 0. The van der Waals surface area contributed by atoms with E-state index in [2.05, 4.69) is 144 Å². The molecule has 0 aliphatic carbocycles. The largest absolute Gasteiger partial charge is 0.292 e. The van der Waals surface area contributed by atoms with Crippen LogP contribution in [0.5, 0.6) is 0 Å². The quantitative estimate of drug-likeness (QED) is 0.190. The van der Waals surface area contributed by atoms with Crippen LogP contribution in [0.15, 0.2) is 140 Å². The molecule has 0 saturated heterocycles. The van der Waals surface area contributed by atoms with Crippen LogP contribution < -0.4 is 0 Å². The van der Waals surface area contributed by atoms with Crippen molar-refractivity contribution in [3.8, 4) is 17.2 Å². The number of para-hydroxylation sites is 1. The first-order valence-corrected chi connectivity index (χ1v) is 17.4. The fraction of sp³-hybridized carbons (Fsp3) is 0. The lowest BCUT2D eigenvalue weighted by Gasteiger charge is -2.13. The summed E-state index contributed by atoms with van der Waals surface area (Å²) in [6, 6.07) is 50.2. The van der Waals surface area contributed by atoms with E-state index in [-0.39, 0.29) is 0 Å². The zero-order valence-corrected chi connectivity index (χ0v) is 26.6. The average Bonchev–Trinajstić information content (AvgIpc) is 3.81. The highest BCUT2D eigenvalue weighted by molar-refractivity contribution is 7.27. The van der Waals surface area contributed by atoms with Gasteiger partial charge in [-0.15, -0.1) is 22.7 Å². The average molecular weight is 634 g/mol. The Morgan fingerprint density at radius 1 is 0.447 bits per heavy atom. The van der Waals surface area contributed by atoms with Crippen molar-refractivity contribution >= 4 is 106 Å². The lowest BCUT2D eigenvalue weighted by Crippen LogP contribution is -2.02. The van der Waals surface area contributed by atoms with Gasteiger partial charge in [0.15, 0.2) is 11.6 Å². The van der Waals surface area contributed by atoms with Crippen molar-refractivity contribution in [3.05, 3.63) is 140 Å². The summed E-state index contributed by atoms with van der Waals surface area (Å²) < 4.78 is 7.37. The second kappa shape index (κ2) is 9.46. The first-order valence-electron chi connectivity index (χ1n) is 15.8. The third-order valence-electron chi connectivity index (χ3n) is 9.59. The van der Waals surface area contributed by atoms with Gasteiger partial charge in [0.2, 0.25) is 0 Å². The highest BCUT2D eigenvalue weighted by atomic mass is 32.1. The molecule has 0 spiro atoms. The van der Waals surface area contributed by atoms with Crippen LogP contribution in [0.3, 0.4) is 0 Å². The molecule has 0 bridgehead atoms. The van der Waals surface area contributed by atoms with Gasteiger partial charge in [0.05, 0.1) is 21.3 Å². The molecule has 4 heterocycles. The van der Waals surface area contributed by atoms with Crippen LogP contribution in [0.1, 0.15) is 0 Å². The summed E-state index contributed by atoms with van der Waals surface area (Å²) in [7, 11) is 0. The molecular weight excluding hydrogens is 611 g/mol. The number of hydrogen-bond acceptors (Lipinski definition) is 4. The maximum absolute atomic E-state index is 5.58. The number of fused-ring (bicyclic) bond motifs is 14. The van der Waals surface area contributed by atoms with Crippen molar-refractivity contribution in [1.82, 2.24) is 14.5 Å². The maximum Gasteiger partial charge on any atom is 0.162 e. The molecular formula is C42H23N3S2. The van der Waals surface area contributed by atoms with Crippen LogP contribution in [-0.4, -0.2) is 14.5 Å². The van der Waals surface area contributed by atoms with Crippen molar-refractivity contribution in [3.63, 3.8) is 0 Å². The van der Waals surface area contributed by atoms with Gasteiger partial charge >= 0.3 is 0 Å². The van der Waals surface area contributed by atoms with Gasteiger partial charge < -0.3 is 0 Å². The Morgan fingerprint density at radius 3 is 1.91 bits per heavy atom. The summed E-state index contributed by atoms with van der Waals surface area (Å²) in [5.41, 5.74) is 4.39. The zero-order chi connectivity index (χ0) is 30.6. The predicted molar refractivity (Wildman–Crippen MR) is 203 cm³/mol. The Hall–Kier alpha value is -5.62. The Labute approximate surface area is 276 Å². The summed E-state index contributed by atoms with van der Waals surface area (Å²) in [5, 5.41) is 11.1. The summed E-state index contributed by atoms with van der Waals surface area (Å²) in [4.78, 5) is 10.9. The summed E-state index contributed by atoms with van der Waals surface area (Å²) in [5.74, 6) is 1.67. The first-order chi connectivity index (χ1) is 23.3. The molecule has 0 atom stereocenters. The molecule has 47 heavy (non-hydrogen) atoms. The van der Waals surface area contributed by atoms with Crippen LogP contribution >= 0.6 is 22.7 Å². The molecule has 3 nitrogen and oxygen atoms in total. The molecule has 0 fully saturated rings. The van der Waals surface area contributed by atoms with E-state index in [9.17, 15) is 0 Å². The normalized spacial score (nSPS) is 12.3. The topological polar surface area (TPSA) is 30.7 Å². The number of benzene rings is 7. The highest BCUT2D eigenvalue weighted by Gasteiger charge is 2.25. The summed E-state index contributed by atoms with van der Waals surface area (Å²) >= 11 is 3.67. The molecule has 11 aromatic rings. The van der Waals surface area contributed by atoms with Gasteiger partial charge in [0.1, 0.15) is 0 Å². The Balaban J connectivity index is 1.41. The van der Waals surface area contributed by atoms with Crippen LogP contribution in [0.25, 0.3) is 101 Å². The smallest absolute Gasteiger partial charge is 0.162 e. The molecule has 0 aliphatic rings. The molecule has 0 unspecified atom stereocenters. The molecule has 0 amide bonds. The van der Waals surface area contributed by atoms with Crippen LogP contribution in [0, 0.1) is 0 Å². The number of rotatable bonds is 2. The molecule has 5 heteroatoms. The second-order valence-electron chi connectivity index (χ2n) is 12.1. The van der Waals surface area contributed by atoms with Gasteiger partial charge in [-0.1, -0.05) is 121 Å². The Morgan fingerprint density at radius 2 is 1.06 bits per heavy atom. The van der Waals surface area contributed by atoms with Crippen molar-refractivity contribution < 1.29 is 0 Å². The fourth-order valence-electron chi connectivity index (χ4n) is 7.61. The van der Waals surface area contributed by atoms with Crippen molar-refractivity contribution in [2.75, 3.05) is 0 Å². The van der Waals surface area contributed by atoms with Gasteiger partial charge in [-0.25, -0.2) is 9.97 Å². The SMILES string of the molecule is c1ccc2c(-c3nc(-n4c5ccccc5c5c6ccccc6c6sc7ccccc7c6c54)c4sc5ccccc5c4n3)cccc2c1. The van der Waals surface area contributed by atoms with Crippen molar-refractivity contribution in [2.45, 2.75) is 0 Å². The molecule has 7 aromatic carbocycles. The summed E-state index contributed by atoms with van der Waals surface area (Å²) in [6.07, 6.45) is 0. The monoisotopic (exact) mass is 633 g/mol. The number of aromatic nitrogens is 3. The van der Waals surface area contributed by atoms with E-state index < -0.39 is 0 Å². The molecule has 0 aliphatic heterocycles. The second-order valence-corrected chi connectivity index (χ2v) is 14.2. The molecule has 218 valence electrons. The fourth-order valence-corrected chi connectivity index (χ4v) is 9.97. The van der Waals surface area contributed by atoms with Gasteiger partial charge in [-0.2, -0.15) is 0 Å². The maximum atomic E-state index is 5.58. The van der Waals surface area contributed by atoms with E-state index in [0.29, 0.717) is 0 Å². The lowest BCUT2D eigenvalue weighted by molar-refractivity contribution is 1.09. The van der Waals surface area contributed by atoms with E-state index in [0.717, 1.165) is 43.7 Å². The minimum absolute atomic E-state index is 0.742. The highest BCUT2D eigenvalue weighted by Crippen LogP contribution is 2.49. The van der Waals surface area contributed by atoms with Gasteiger partial charge in [0.25, 0.3) is 0 Å². The zero-order valence-electron chi connectivity index (χ0n) is 24.9. The van der Waals surface area contributed by atoms with Crippen molar-refractivity contribution in [1.29, 1.82) is 0 Å². The summed E-state index contributed by atoms with van der Waals surface area (Å²) in [6.45, 7) is 0. The Kier molecular flexibility index (Phi) is 5.14. The minimum Gasteiger partial charge on any atom is -0.292 e. The van der Waals surface area contributed by atoms with Crippen molar-refractivity contribution in [2.24, 2.45) is 0 Å². The van der Waals surface area contributed by atoms with Crippen LogP contribution in [0.4, 0.5) is 0 Å². The molecule has 0 saturated carbocycles. The third-order valence-corrected chi connectivity index (χ3v) is 12.0. The standard InChI is InChI=1S/C42H23N3S2/c1-2-14-25-24(12-1)13-11-20-28(25)41-43-37-31-19-7-10-23-34(31)47-40(37)42(44-41)45-32-21-8-5-17-29(32)35-26-15-3-4-16-27(26)39-36(38(35)45)30-18-6-9-22-33(30)46-39/h1-23H. The van der Waals surface area contributed by atoms with Crippen LogP contribution in [-0.2, 0) is 0 Å². The third kappa shape index (κ3) is 3.45. The lowest BCUT2D eigenvalue weighted by atomic mass is 10.00. The predicted octanol–water partition coefficient (Wildman–Crippen LogP) is 12.3. The number of nitrogens with zero attached hydrogens (tertiary/aromatic N) is 3. The molecule has 4 aromatic heterocycles. The van der Waals surface area contributed by atoms with Gasteiger partial charge in [-0.05, 0) is 34.4 Å². The van der Waals surface area contributed by atoms with Gasteiger partial charge in [-0.3, -0.25) is 4.57 Å². The Bertz CT molecular complexity index is 3080. The first kappa shape index (κ1) is 25.6. The minimum atomic E-state index is 0.742. The molecule has 0 radical (unpaired) electrons. The number of thiophene rings is 2. The van der Waals surface area contributed by atoms with E-state index in [4.69, 9.17) is 9.97 Å². The van der Waals surface area contributed by atoms with E-state index >= 15 is 0 Å². The van der Waals surface area contributed by atoms with E-state index in [1.807, 2.05) is 11.3 Å². The van der Waals surface area contributed by atoms with Gasteiger partial charge in [0, 0.05) is 52.0 Å². The molecule has 0 N–H and O–H groups in total. The van der Waals surface area contributed by atoms with Crippen LogP contribution in [0.2, 0.25) is 0 Å².